The Balaban J connectivity index is 2.25. The van der Waals surface area contributed by atoms with Crippen molar-refractivity contribution in [3.63, 3.8) is 0 Å². The van der Waals surface area contributed by atoms with Gasteiger partial charge in [-0.15, -0.1) is 0 Å². The van der Waals surface area contributed by atoms with Crippen molar-refractivity contribution in [2.24, 2.45) is 5.92 Å². The standard InChI is InChI=1S/C12H18N2/c1-3-10-7-13-11-6-4-5-9(2)12(11)14-8-10/h4-6,10,13-14H,3,7-8H2,1-2H3. The number of hydrogen-bond donors (Lipinski definition) is 2. The quantitative estimate of drug-likeness (QED) is 0.711. The van der Waals surface area contributed by atoms with E-state index < -0.39 is 0 Å². The fourth-order valence-electron chi connectivity index (χ4n) is 1.91. The summed E-state index contributed by atoms with van der Waals surface area (Å²) in [6.45, 7) is 6.57. The largest absolute Gasteiger partial charge is 0.383 e. The lowest BCUT2D eigenvalue weighted by Crippen LogP contribution is -2.17. The van der Waals surface area contributed by atoms with Crippen molar-refractivity contribution in [3.8, 4) is 0 Å². The monoisotopic (exact) mass is 190 g/mol. The molecule has 1 aromatic carbocycles. The highest BCUT2D eigenvalue weighted by Gasteiger charge is 2.14. The Bertz CT molecular complexity index is 320. The average Bonchev–Trinajstić information content (AvgIpc) is 2.41. The zero-order valence-corrected chi connectivity index (χ0v) is 8.93. The van der Waals surface area contributed by atoms with Crippen LogP contribution in [0.4, 0.5) is 11.4 Å². The molecule has 1 unspecified atom stereocenters. The van der Waals surface area contributed by atoms with Gasteiger partial charge in [0.15, 0.2) is 0 Å². The molecule has 2 heteroatoms. The molecule has 0 spiro atoms. The first kappa shape index (κ1) is 9.38. The average molecular weight is 190 g/mol. The maximum absolute atomic E-state index is 3.53. The summed E-state index contributed by atoms with van der Waals surface area (Å²) in [6.07, 6.45) is 1.23. The van der Waals surface area contributed by atoms with Gasteiger partial charge in [-0.2, -0.15) is 0 Å². The number of anilines is 2. The summed E-state index contributed by atoms with van der Waals surface area (Å²) in [5, 5.41) is 7.04. The first-order valence-electron chi connectivity index (χ1n) is 5.38. The second kappa shape index (κ2) is 3.91. The molecule has 0 bridgehead atoms. The number of aryl methyl sites for hydroxylation is 1. The number of rotatable bonds is 1. The Morgan fingerprint density at radius 3 is 2.86 bits per heavy atom. The van der Waals surface area contributed by atoms with Crippen molar-refractivity contribution < 1.29 is 0 Å². The van der Waals surface area contributed by atoms with Gasteiger partial charge in [-0.3, -0.25) is 0 Å². The highest BCUT2D eigenvalue weighted by molar-refractivity contribution is 5.73. The fourth-order valence-corrected chi connectivity index (χ4v) is 1.91. The zero-order valence-electron chi connectivity index (χ0n) is 8.93. The number of para-hydroxylation sites is 1. The summed E-state index contributed by atoms with van der Waals surface area (Å²) >= 11 is 0. The third kappa shape index (κ3) is 1.69. The molecular weight excluding hydrogens is 172 g/mol. The Labute approximate surface area is 85.7 Å². The SMILES string of the molecule is CCC1CNc2cccc(C)c2NC1. The minimum absolute atomic E-state index is 0.738. The number of nitrogens with one attached hydrogen (secondary N) is 2. The summed E-state index contributed by atoms with van der Waals surface area (Å²) in [7, 11) is 0. The third-order valence-electron chi connectivity index (χ3n) is 3.00. The lowest BCUT2D eigenvalue weighted by molar-refractivity contribution is 0.570. The maximum atomic E-state index is 3.53. The first-order valence-corrected chi connectivity index (χ1v) is 5.38. The highest BCUT2D eigenvalue weighted by Crippen LogP contribution is 2.28. The molecule has 2 rings (SSSR count). The Hall–Kier alpha value is -1.18. The van der Waals surface area contributed by atoms with Crippen LogP contribution in [0, 0.1) is 12.8 Å². The molecule has 1 atom stereocenters. The fraction of sp³-hybridized carbons (Fsp3) is 0.500. The maximum Gasteiger partial charge on any atom is 0.0605 e. The van der Waals surface area contributed by atoms with Crippen LogP contribution < -0.4 is 10.6 Å². The van der Waals surface area contributed by atoms with Gasteiger partial charge in [0.1, 0.15) is 0 Å². The molecule has 0 fully saturated rings. The molecule has 2 N–H and O–H groups in total. The molecular formula is C12H18N2. The van der Waals surface area contributed by atoms with E-state index in [0.717, 1.165) is 19.0 Å². The van der Waals surface area contributed by atoms with Crippen LogP contribution in [0.15, 0.2) is 18.2 Å². The summed E-state index contributed by atoms with van der Waals surface area (Å²) in [5.41, 5.74) is 3.86. The molecule has 0 amide bonds. The minimum Gasteiger partial charge on any atom is -0.383 e. The number of fused-ring (bicyclic) bond motifs is 1. The van der Waals surface area contributed by atoms with E-state index in [9.17, 15) is 0 Å². The van der Waals surface area contributed by atoms with Crippen LogP contribution in [-0.4, -0.2) is 13.1 Å². The van der Waals surface area contributed by atoms with Gasteiger partial charge >= 0.3 is 0 Å². The van der Waals surface area contributed by atoms with Crippen LogP contribution in [0.2, 0.25) is 0 Å². The van der Waals surface area contributed by atoms with E-state index in [0.29, 0.717) is 0 Å². The van der Waals surface area contributed by atoms with Crippen molar-refractivity contribution >= 4 is 11.4 Å². The molecule has 0 aliphatic carbocycles. The summed E-state index contributed by atoms with van der Waals surface area (Å²) in [4.78, 5) is 0. The van der Waals surface area contributed by atoms with E-state index in [1.165, 1.54) is 23.4 Å². The van der Waals surface area contributed by atoms with Gasteiger partial charge in [-0.05, 0) is 30.9 Å². The lowest BCUT2D eigenvalue weighted by atomic mass is 10.1. The van der Waals surface area contributed by atoms with Gasteiger partial charge in [-0.1, -0.05) is 19.1 Å². The molecule has 1 heterocycles. The molecule has 76 valence electrons. The van der Waals surface area contributed by atoms with Crippen molar-refractivity contribution in [2.75, 3.05) is 23.7 Å². The summed E-state index contributed by atoms with van der Waals surface area (Å²) in [6, 6.07) is 6.41. The normalized spacial score (nSPS) is 20.3. The first-order chi connectivity index (χ1) is 6.81. The van der Waals surface area contributed by atoms with Crippen molar-refractivity contribution in [2.45, 2.75) is 20.3 Å². The summed E-state index contributed by atoms with van der Waals surface area (Å²) in [5.74, 6) is 0.738. The van der Waals surface area contributed by atoms with Gasteiger partial charge in [0.25, 0.3) is 0 Å². The van der Waals surface area contributed by atoms with Gasteiger partial charge in [0.05, 0.1) is 11.4 Å². The molecule has 0 radical (unpaired) electrons. The zero-order chi connectivity index (χ0) is 9.97. The van der Waals surface area contributed by atoms with Crippen molar-refractivity contribution in [1.29, 1.82) is 0 Å². The molecule has 0 saturated carbocycles. The number of hydrogen-bond acceptors (Lipinski definition) is 2. The van der Waals surface area contributed by atoms with Crippen LogP contribution in [0.5, 0.6) is 0 Å². The molecule has 14 heavy (non-hydrogen) atoms. The van der Waals surface area contributed by atoms with Crippen LogP contribution >= 0.6 is 0 Å². The van der Waals surface area contributed by atoms with E-state index in [1.54, 1.807) is 0 Å². The van der Waals surface area contributed by atoms with Gasteiger partial charge < -0.3 is 10.6 Å². The minimum atomic E-state index is 0.738. The van der Waals surface area contributed by atoms with Crippen LogP contribution in [0.1, 0.15) is 18.9 Å². The molecule has 0 saturated heterocycles. The van der Waals surface area contributed by atoms with Crippen molar-refractivity contribution in [3.05, 3.63) is 23.8 Å². The summed E-state index contributed by atoms with van der Waals surface area (Å²) < 4.78 is 0. The van der Waals surface area contributed by atoms with Crippen LogP contribution in [0.3, 0.4) is 0 Å². The lowest BCUT2D eigenvalue weighted by Gasteiger charge is -2.11. The van der Waals surface area contributed by atoms with E-state index >= 15 is 0 Å². The second-order valence-corrected chi connectivity index (χ2v) is 4.03. The molecule has 0 aromatic heterocycles. The van der Waals surface area contributed by atoms with Crippen LogP contribution in [0.25, 0.3) is 0 Å². The van der Waals surface area contributed by atoms with E-state index in [4.69, 9.17) is 0 Å². The Morgan fingerprint density at radius 2 is 2.07 bits per heavy atom. The Kier molecular flexibility index (Phi) is 2.62. The van der Waals surface area contributed by atoms with Gasteiger partial charge in [0.2, 0.25) is 0 Å². The Morgan fingerprint density at radius 1 is 1.29 bits per heavy atom. The molecule has 1 aliphatic heterocycles. The van der Waals surface area contributed by atoms with Gasteiger partial charge in [0, 0.05) is 13.1 Å². The predicted octanol–water partition coefficient (Wildman–Crippen LogP) is 2.86. The predicted molar refractivity (Wildman–Crippen MR) is 61.9 cm³/mol. The number of benzene rings is 1. The highest BCUT2D eigenvalue weighted by atomic mass is 15.0. The van der Waals surface area contributed by atoms with E-state index in [1.807, 2.05) is 0 Å². The van der Waals surface area contributed by atoms with E-state index in [2.05, 4.69) is 42.7 Å². The smallest absolute Gasteiger partial charge is 0.0605 e. The molecule has 2 nitrogen and oxygen atoms in total. The third-order valence-corrected chi connectivity index (χ3v) is 3.00. The van der Waals surface area contributed by atoms with E-state index in [-0.39, 0.29) is 0 Å². The van der Waals surface area contributed by atoms with Gasteiger partial charge in [-0.25, -0.2) is 0 Å². The second-order valence-electron chi connectivity index (χ2n) is 4.03. The molecule has 1 aliphatic rings. The van der Waals surface area contributed by atoms with Crippen LogP contribution in [-0.2, 0) is 0 Å². The topological polar surface area (TPSA) is 24.1 Å². The van der Waals surface area contributed by atoms with Crippen molar-refractivity contribution in [1.82, 2.24) is 0 Å². The molecule has 1 aromatic rings.